The van der Waals surface area contributed by atoms with Crippen molar-refractivity contribution in [3.63, 3.8) is 0 Å². The minimum atomic E-state index is -0.619. The van der Waals surface area contributed by atoms with Crippen molar-refractivity contribution in [3.05, 3.63) is 21.9 Å². The number of amides is 3. The average molecular weight is 281 g/mol. The summed E-state index contributed by atoms with van der Waals surface area (Å²) in [6, 6.07) is 2.82. The van der Waals surface area contributed by atoms with Crippen LogP contribution < -0.4 is 16.4 Å². The van der Waals surface area contributed by atoms with Crippen LogP contribution in [0, 0.1) is 11.8 Å². The van der Waals surface area contributed by atoms with E-state index in [1.807, 2.05) is 0 Å². The van der Waals surface area contributed by atoms with Crippen molar-refractivity contribution < 1.29 is 14.7 Å². The van der Waals surface area contributed by atoms with Crippen LogP contribution in [0.25, 0.3) is 0 Å². The van der Waals surface area contributed by atoms with Crippen LogP contribution in [0.3, 0.4) is 0 Å². The molecule has 1 aromatic rings. The van der Waals surface area contributed by atoms with E-state index in [9.17, 15) is 9.59 Å². The van der Waals surface area contributed by atoms with Crippen molar-refractivity contribution in [1.82, 2.24) is 10.6 Å². The highest BCUT2D eigenvalue weighted by molar-refractivity contribution is 7.14. The highest BCUT2D eigenvalue weighted by Crippen LogP contribution is 2.15. The fourth-order valence-electron chi connectivity index (χ4n) is 1.18. The molecule has 0 saturated heterocycles. The number of carbonyl (C=O) groups excluding carboxylic acids is 2. The Balaban J connectivity index is 2.41. The highest BCUT2D eigenvalue weighted by atomic mass is 32.1. The molecule has 0 fully saturated rings. The van der Waals surface area contributed by atoms with Crippen molar-refractivity contribution in [2.75, 3.05) is 19.7 Å². The first-order chi connectivity index (χ1) is 9.13. The molecule has 0 aliphatic carbocycles. The van der Waals surface area contributed by atoms with E-state index >= 15 is 0 Å². The summed E-state index contributed by atoms with van der Waals surface area (Å²) >= 11 is 1.28. The Morgan fingerprint density at radius 1 is 1.32 bits per heavy atom. The van der Waals surface area contributed by atoms with Gasteiger partial charge in [-0.15, -0.1) is 11.3 Å². The van der Waals surface area contributed by atoms with E-state index in [2.05, 4.69) is 22.5 Å². The largest absolute Gasteiger partial charge is 0.395 e. The van der Waals surface area contributed by atoms with Crippen LogP contribution in [-0.4, -0.2) is 36.7 Å². The molecular weight excluding hydrogens is 266 g/mol. The van der Waals surface area contributed by atoms with E-state index in [0.717, 1.165) is 4.88 Å². The second-order valence-electron chi connectivity index (χ2n) is 3.49. The zero-order valence-corrected chi connectivity index (χ0v) is 11.0. The molecule has 0 spiro atoms. The van der Waals surface area contributed by atoms with Crippen LogP contribution in [0.1, 0.15) is 21.0 Å². The van der Waals surface area contributed by atoms with Gasteiger partial charge in [-0.3, -0.25) is 4.79 Å². The monoisotopic (exact) mass is 281 g/mol. The van der Waals surface area contributed by atoms with Gasteiger partial charge in [-0.05, 0) is 12.1 Å². The lowest BCUT2D eigenvalue weighted by molar-refractivity contribution is 0.0958. The summed E-state index contributed by atoms with van der Waals surface area (Å²) in [5.74, 6) is 5.43. The van der Waals surface area contributed by atoms with Gasteiger partial charge in [0.25, 0.3) is 5.91 Å². The SMILES string of the molecule is NC(=O)NCCNC(=O)c1ccc(C#CCCO)s1. The van der Waals surface area contributed by atoms with E-state index in [1.165, 1.54) is 11.3 Å². The third kappa shape index (κ3) is 5.90. The Morgan fingerprint density at radius 2 is 2.05 bits per heavy atom. The molecule has 0 saturated carbocycles. The van der Waals surface area contributed by atoms with E-state index in [0.29, 0.717) is 17.8 Å². The van der Waals surface area contributed by atoms with E-state index < -0.39 is 6.03 Å². The first kappa shape index (κ1) is 15.0. The van der Waals surface area contributed by atoms with Crippen LogP contribution in [0.5, 0.6) is 0 Å². The molecular formula is C12H15N3O3S. The molecule has 1 rings (SSSR count). The lowest BCUT2D eigenvalue weighted by Crippen LogP contribution is -2.37. The molecule has 6 nitrogen and oxygen atoms in total. The third-order valence-corrected chi connectivity index (χ3v) is 2.99. The molecule has 0 aromatic carbocycles. The molecule has 0 unspecified atom stereocenters. The van der Waals surface area contributed by atoms with E-state index in [4.69, 9.17) is 10.8 Å². The van der Waals surface area contributed by atoms with Crippen LogP contribution in [-0.2, 0) is 0 Å². The van der Waals surface area contributed by atoms with Crippen molar-refractivity contribution in [2.24, 2.45) is 5.73 Å². The predicted octanol–water partition coefficient (Wildman–Crippen LogP) is -0.120. The van der Waals surface area contributed by atoms with Gasteiger partial charge in [0.2, 0.25) is 0 Å². The van der Waals surface area contributed by atoms with Crippen molar-refractivity contribution in [1.29, 1.82) is 0 Å². The normalized spacial score (nSPS) is 9.32. The van der Waals surface area contributed by atoms with Gasteiger partial charge in [0.05, 0.1) is 16.4 Å². The Kier molecular flexibility index (Phi) is 6.43. The Hall–Kier alpha value is -2.04. The molecule has 0 atom stereocenters. The number of nitrogens with two attached hydrogens (primary N) is 1. The minimum Gasteiger partial charge on any atom is -0.395 e. The highest BCUT2D eigenvalue weighted by Gasteiger charge is 2.07. The molecule has 0 radical (unpaired) electrons. The quantitative estimate of drug-likeness (QED) is 0.447. The molecule has 0 aliphatic heterocycles. The van der Waals surface area contributed by atoms with E-state index in [-0.39, 0.29) is 19.1 Å². The number of urea groups is 1. The zero-order chi connectivity index (χ0) is 14.1. The number of thiophene rings is 1. The first-order valence-electron chi connectivity index (χ1n) is 5.64. The summed E-state index contributed by atoms with van der Waals surface area (Å²) in [6.07, 6.45) is 0.415. The van der Waals surface area contributed by atoms with Gasteiger partial charge in [-0.1, -0.05) is 11.8 Å². The molecule has 7 heteroatoms. The number of hydrogen-bond donors (Lipinski definition) is 4. The van der Waals surface area contributed by atoms with Gasteiger partial charge < -0.3 is 21.5 Å². The molecule has 102 valence electrons. The smallest absolute Gasteiger partial charge is 0.312 e. The Bertz CT molecular complexity index is 502. The Morgan fingerprint density at radius 3 is 2.74 bits per heavy atom. The van der Waals surface area contributed by atoms with Gasteiger partial charge in [0.15, 0.2) is 0 Å². The molecule has 0 bridgehead atoms. The predicted molar refractivity (Wildman–Crippen MR) is 72.8 cm³/mol. The van der Waals surface area contributed by atoms with Crippen LogP contribution in [0.15, 0.2) is 12.1 Å². The van der Waals surface area contributed by atoms with Crippen LogP contribution in [0.4, 0.5) is 4.79 Å². The number of primary amides is 1. The number of aliphatic hydroxyl groups excluding tert-OH is 1. The van der Waals surface area contributed by atoms with Crippen LogP contribution in [0.2, 0.25) is 0 Å². The molecule has 1 aromatic heterocycles. The maximum atomic E-state index is 11.7. The van der Waals surface area contributed by atoms with Gasteiger partial charge >= 0.3 is 6.03 Å². The van der Waals surface area contributed by atoms with Crippen molar-refractivity contribution >= 4 is 23.3 Å². The van der Waals surface area contributed by atoms with Gasteiger partial charge in [0.1, 0.15) is 0 Å². The number of nitrogens with one attached hydrogen (secondary N) is 2. The summed E-state index contributed by atoms with van der Waals surface area (Å²) < 4.78 is 0. The lowest BCUT2D eigenvalue weighted by atomic mass is 10.4. The summed E-state index contributed by atoms with van der Waals surface area (Å²) in [6.45, 7) is 0.624. The zero-order valence-electron chi connectivity index (χ0n) is 10.2. The first-order valence-corrected chi connectivity index (χ1v) is 6.46. The minimum absolute atomic E-state index is 0.0264. The summed E-state index contributed by atoms with van der Waals surface area (Å²) in [7, 11) is 0. The second kappa shape index (κ2) is 8.13. The van der Waals surface area contributed by atoms with Gasteiger partial charge in [-0.25, -0.2) is 4.79 Å². The van der Waals surface area contributed by atoms with E-state index in [1.54, 1.807) is 12.1 Å². The van der Waals surface area contributed by atoms with Crippen molar-refractivity contribution in [3.8, 4) is 11.8 Å². The maximum absolute atomic E-state index is 11.7. The van der Waals surface area contributed by atoms with Crippen LogP contribution >= 0.6 is 11.3 Å². The third-order valence-electron chi connectivity index (χ3n) is 1.99. The van der Waals surface area contributed by atoms with Gasteiger partial charge in [0, 0.05) is 19.5 Å². The fourth-order valence-corrected chi connectivity index (χ4v) is 1.98. The summed E-state index contributed by atoms with van der Waals surface area (Å²) in [4.78, 5) is 23.4. The number of hydrogen-bond acceptors (Lipinski definition) is 4. The average Bonchev–Trinajstić information content (AvgIpc) is 2.83. The second-order valence-corrected chi connectivity index (χ2v) is 4.57. The number of aliphatic hydroxyl groups is 1. The molecule has 1 heterocycles. The molecule has 3 amide bonds. The topological polar surface area (TPSA) is 104 Å². The summed E-state index contributed by atoms with van der Waals surface area (Å²) in [5.41, 5.74) is 4.89. The van der Waals surface area contributed by atoms with Crippen molar-refractivity contribution in [2.45, 2.75) is 6.42 Å². The number of rotatable bonds is 5. The number of carbonyl (C=O) groups is 2. The molecule has 5 N–H and O–H groups in total. The Labute approximate surface area is 115 Å². The van der Waals surface area contributed by atoms with Gasteiger partial charge in [-0.2, -0.15) is 0 Å². The summed E-state index contributed by atoms with van der Waals surface area (Å²) in [5, 5.41) is 13.6. The standard InChI is InChI=1S/C12H15N3O3S/c13-12(18)15-7-6-14-11(17)10-5-4-9(19-10)3-1-2-8-16/h4-5,16H,2,6-8H2,(H,14,17)(H3,13,15,18). The molecule has 19 heavy (non-hydrogen) atoms. The molecule has 0 aliphatic rings. The fraction of sp³-hybridized carbons (Fsp3) is 0.333. The maximum Gasteiger partial charge on any atom is 0.312 e. The lowest BCUT2D eigenvalue weighted by Gasteiger charge is -2.03.